The van der Waals surface area contributed by atoms with Gasteiger partial charge in [-0.25, -0.2) is 8.42 Å². The van der Waals surface area contributed by atoms with Crippen LogP contribution in [0.3, 0.4) is 0 Å². The monoisotopic (exact) mass is 313 g/mol. The van der Waals surface area contributed by atoms with Gasteiger partial charge in [0.2, 0.25) is 10.0 Å². The fraction of sp³-hybridized carbons (Fsp3) is 0.455. The average Bonchev–Trinajstić information content (AvgIpc) is 2.30. The van der Waals surface area contributed by atoms with Gasteiger partial charge in [-0.15, -0.1) is 11.6 Å². The smallest absolute Gasteiger partial charge is 0.387 e. The van der Waals surface area contributed by atoms with Crippen LogP contribution in [0.15, 0.2) is 24.3 Å². The Hall–Kier alpha value is -1.08. The third-order valence-corrected chi connectivity index (χ3v) is 4.20. The Balaban J connectivity index is 2.87. The first-order valence-electron chi connectivity index (χ1n) is 5.44. The molecule has 108 valence electrons. The minimum atomic E-state index is -3.66. The Kier molecular flexibility index (Phi) is 5.81. The summed E-state index contributed by atoms with van der Waals surface area (Å²) in [6.07, 6.45) is 0. The average molecular weight is 314 g/mol. The number of anilines is 1. The Morgan fingerprint density at radius 2 is 2.00 bits per heavy atom. The van der Waals surface area contributed by atoms with E-state index in [0.717, 1.165) is 0 Å². The minimum absolute atomic E-state index is 0.0235. The maximum Gasteiger partial charge on any atom is 0.387 e. The lowest BCUT2D eigenvalue weighted by Crippen LogP contribution is -2.22. The van der Waals surface area contributed by atoms with Crippen molar-refractivity contribution in [3.8, 4) is 5.75 Å². The molecule has 4 nitrogen and oxygen atoms in total. The zero-order chi connectivity index (χ0) is 14.5. The van der Waals surface area contributed by atoms with Gasteiger partial charge >= 0.3 is 6.61 Å². The summed E-state index contributed by atoms with van der Waals surface area (Å²) in [6, 6.07) is 5.59. The molecule has 0 radical (unpaired) electrons. The van der Waals surface area contributed by atoms with E-state index in [1.54, 1.807) is 6.92 Å². The number of halogens is 3. The van der Waals surface area contributed by atoms with E-state index in [1.165, 1.54) is 24.3 Å². The maximum atomic E-state index is 12.2. The van der Waals surface area contributed by atoms with E-state index in [-0.39, 0.29) is 29.0 Å². The third-order valence-electron chi connectivity index (χ3n) is 2.14. The summed E-state index contributed by atoms with van der Waals surface area (Å²) in [4.78, 5) is 0. The van der Waals surface area contributed by atoms with Crippen molar-refractivity contribution in [2.75, 3.05) is 16.4 Å². The van der Waals surface area contributed by atoms with Gasteiger partial charge in [-0.05, 0) is 18.1 Å². The molecule has 1 aromatic carbocycles. The molecule has 0 aromatic heterocycles. The second-order valence-corrected chi connectivity index (χ2v) is 6.09. The Bertz CT molecular complexity index is 510. The first-order valence-corrected chi connectivity index (χ1v) is 7.63. The largest absolute Gasteiger partial charge is 0.433 e. The molecule has 8 heteroatoms. The fourth-order valence-corrected chi connectivity index (χ4v) is 3.07. The third kappa shape index (κ3) is 5.61. The van der Waals surface area contributed by atoms with Gasteiger partial charge in [0, 0.05) is 5.88 Å². The van der Waals surface area contributed by atoms with Crippen molar-refractivity contribution < 1.29 is 21.9 Å². The molecule has 1 atom stereocenters. The van der Waals surface area contributed by atoms with Gasteiger partial charge in [0.05, 0.1) is 11.4 Å². The number of hydrogen-bond donors (Lipinski definition) is 1. The highest BCUT2D eigenvalue weighted by atomic mass is 35.5. The van der Waals surface area contributed by atoms with E-state index in [0.29, 0.717) is 0 Å². The second-order valence-electron chi connectivity index (χ2n) is 4.02. The van der Waals surface area contributed by atoms with Gasteiger partial charge in [0.15, 0.2) is 0 Å². The van der Waals surface area contributed by atoms with Crippen LogP contribution in [0, 0.1) is 5.92 Å². The molecule has 1 unspecified atom stereocenters. The van der Waals surface area contributed by atoms with E-state index >= 15 is 0 Å². The lowest BCUT2D eigenvalue weighted by Gasteiger charge is -2.14. The van der Waals surface area contributed by atoms with E-state index < -0.39 is 16.6 Å². The van der Waals surface area contributed by atoms with Crippen LogP contribution in [0.25, 0.3) is 0 Å². The molecule has 1 N–H and O–H groups in total. The normalized spacial score (nSPS) is 13.3. The van der Waals surface area contributed by atoms with Crippen LogP contribution < -0.4 is 9.46 Å². The summed E-state index contributed by atoms with van der Waals surface area (Å²) >= 11 is 5.55. The van der Waals surface area contributed by atoms with Crippen molar-refractivity contribution in [2.45, 2.75) is 13.5 Å². The predicted octanol–water partition coefficient (Wildman–Crippen LogP) is 2.90. The van der Waals surface area contributed by atoms with Crippen LogP contribution in [0.1, 0.15) is 6.92 Å². The van der Waals surface area contributed by atoms with Crippen molar-refractivity contribution in [1.82, 2.24) is 0 Å². The van der Waals surface area contributed by atoms with Crippen LogP contribution in [-0.2, 0) is 10.0 Å². The highest BCUT2D eigenvalue weighted by molar-refractivity contribution is 7.92. The van der Waals surface area contributed by atoms with Gasteiger partial charge in [-0.1, -0.05) is 19.1 Å². The molecule has 0 spiro atoms. The number of rotatable bonds is 7. The zero-order valence-corrected chi connectivity index (χ0v) is 11.7. The van der Waals surface area contributed by atoms with Crippen LogP contribution in [0.5, 0.6) is 5.75 Å². The van der Waals surface area contributed by atoms with Crippen molar-refractivity contribution in [3.63, 3.8) is 0 Å². The molecular formula is C11H14ClF2NO3S. The van der Waals surface area contributed by atoms with Crippen LogP contribution >= 0.6 is 11.6 Å². The molecule has 0 fully saturated rings. The van der Waals surface area contributed by atoms with Gasteiger partial charge in [-0.2, -0.15) is 8.78 Å². The zero-order valence-electron chi connectivity index (χ0n) is 10.1. The summed E-state index contributed by atoms with van der Waals surface area (Å²) in [5, 5.41) is 0. The molecule has 19 heavy (non-hydrogen) atoms. The molecule has 0 saturated heterocycles. The molecule has 0 amide bonds. The van der Waals surface area contributed by atoms with Gasteiger partial charge < -0.3 is 4.74 Å². The Labute approximate surface area is 115 Å². The highest BCUT2D eigenvalue weighted by Crippen LogP contribution is 2.26. The van der Waals surface area contributed by atoms with Crippen LogP contribution in [-0.4, -0.2) is 26.7 Å². The van der Waals surface area contributed by atoms with Gasteiger partial charge in [-0.3, -0.25) is 4.72 Å². The van der Waals surface area contributed by atoms with Gasteiger partial charge in [0.25, 0.3) is 0 Å². The molecule has 1 rings (SSSR count). The molecule has 0 aliphatic carbocycles. The standard InChI is InChI=1S/C11H14ClF2NO3S/c1-8(6-12)7-19(16,17)15-9-4-2-3-5-10(9)18-11(13)14/h2-5,8,11,15H,6-7H2,1H3. The summed E-state index contributed by atoms with van der Waals surface area (Å²) in [7, 11) is -3.66. The number of para-hydroxylation sites is 2. The number of ether oxygens (including phenoxy) is 1. The molecule has 0 bridgehead atoms. The van der Waals surface area contributed by atoms with Crippen LogP contribution in [0.4, 0.5) is 14.5 Å². The van der Waals surface area contributed by atoms with Crippen molar-refractivity contribution in [1.29, 1.82) is 0 Å². The minimum Gasteiger partial charge on any atom is -0.433 e. The maximum absolute atomic E-state index is 12.2. The summed E-state index contributed by atoms with van der Waals surface area (Å²) in [5.74, 6) is -0.475. The van der Waals surface area contributed by atoms with E-state index in [9.17, 15) is 17.2 Å². The van der Waals surface area contributed by atoms with Crippen molar-refractivity contribution in [3.05, 3.63) is 24.3 Å². The molecule has 0 heterocycles. The van der Waals surface area contributed by atoms with Crippen LogP contribution in [0.2, 0.25) is 0 Å². The topological polar surface area (TPSA) is 55.4 Å². The van der Waals surface area contributed by atoms with Crippen molar-refractivity contribution in [2.24, 2.45) is 5.92 Å². The Morgan fingerprint density at radius 1 is 1.37 bits per heavy atom. The molecule has 1 aromatic rings. The molecule has 0 aliphatic rings. The summed E-state index contributed by atoms with van der Waals surface area (Å²) in [5.41, 5.74) is -0.0235. The fourth-order valence-electron chi connectivity index (χ4n) is 1.38. The number of nitrogens with one attached hydrogen (secondary N) is 1. The number of benzene rings is 1. The first-order chi connectivity index (χ1) is 8.84. The lowest BCUT2D eigenvalue weighted by atomic mass is 10.3. The number of alkyl halides is 3. The van der Waals surface area contributed by atoms with Gasteiger partial charge in [0.1, 0.15) is 5.75 Å². The van der Waals surface area contributed by atoms with E-state index in [1.807, 2.05) is 0 Å². The highest BCUT2D eigenvalue weighted by Gasteiger charge is 2.18. The van der Waals surface area contributed by atoms with E-state index in [2.05, 4.69) is 9.46 Å². The number of hydrogen-bond acceptors (Lipinski definition) is 3. The molecule has 0 aliphatic heterocycles. The first kappa shape index (κ1) is 16.0. The SMILES string of the molecule is CC(CCl)CS(=O)(=O)Nc1ccccc1OC(F)F. The predicted molar refractivity (Wildman–Crippen MR) is 70.4 cm³/mol. The second kappa shape index (κ2) is 6.91. The van der Waals surface area contributed by atoms with E-state index in [4.69, 9.17) is 11.6 Å². The summed E-state index contributed by atoms with van der Waals surface area (Å²) in [6.45, 7) is -1.35. The quantitative estimate of drug-likeness (QED) is 0.787. The lowest BCUT2D eigenvalue weighted by molar-refractivity contribution is -0.0493. The molecule has 0 saturated carbocycles. The van der Waals surface area contributed by atoms with Crippen molar-refractivity contribution >= 4 is 27.3 Å². The number of sulfonamides is 1. The summed E-state index contributed by atoms with van der Waals surface area (Å²) < 4.78 is 54.4. The Morgan fingerprint density at radius 3 is 2.58 bits per heavy atom. The molecular weight excluding hydrogens is 300 g/mol.